The molecule has 0 radical (unpaired) electrons. The maximum Gasteiger partial charge on any atom is 0.257 e. The van der Waals surface area contributed by atoms with Gasteiger partial charge >= 0.3 is 0 Å². The Labute approximate surface area is 426 Å². The van der Waals surface area contributed by atoms with Gasteiger partial charge in [0.2, 0.25) is 5.88 Å². The van der Waals surface area contributed by atoms with Gasteiger partial charge in [0, 0.05) is 39.2 Å². The van der Waals surface area contributed by atoms with Crippen LogP contribution in [0.3, 0.4) is 0 Å². The molecule has 2 aliphatic heterocycles. The van der Waals surface area contributed by atoms with Crippen LogP contribution in [-0.2, 0) is 37.9 Å². The zero-order valence-electron chi connectivity index (χ0n) is 45.9. The van der Waals surface area contributed by atoms with Crippen LogP contribution in [0.5, 0.6) is 0 Å². The maximum atomic E-state index is 7.70. The number of aryl methyl sites for hydroxylation is 1. The molecular formula is C67H77BN2O. The van der Waals surface area contributed by atoms with E-state index in [1.54, 1.807) is 0 Å². The first-order chi connectivity index (χ1) is 33.2. The lowest BCUT2D eigenvalue weighted by Gasteiger charge is -2.47. The molecule has 0 amide bonds. The van der Waals surface area contributed by atoms with Crippen molar-refractivity contribution in [3.8, 4) is 11.1 Å². The Morgan fingerprint density at radius 2 is 0.986 bits per heavy atom. The predicted molar refractivity (Wildman–Crippen MR) is 305 cm³/mol. The predicted octanol–water partition coefficient (Wildman–Crippen LogP) is 16.8. The van der Waals surface area contributed by atoms with E-state index in [4.69, 9.17) is 4.42 Å². The van der Waals surface area contributed by atoms with Crippen molar-refractivity contribution in [1.29, 1.82) is 0 Å². The lowest BCUT2D eigenvalue weighted by atomic mass is 9.33. The van der Waals surface area contributed by atoms with Crippen LogP contribution in [0.15, 0.2) is 108 Å². The summed E-state index contributed by atoms with van der Waals surface area (Å²) in [6, 6.07) is 41.2. The van der Waals surface area contributed by atoms with E-state index in [9.17, 15) is 0 Å². The number of nitrogens with zero attached hydrogens (tertiary/aromatic N) is 2. The van der Waals surface area contributed by atoms with Gasteiger partial charge in [-0.05, 0) is 199 Å². The smallest absolute Gasteiger partial charge is 0.257 e. The second kappa shape index (κ2) is 14.8. The average Bonchev–Trinajstić information content (AvgIpc) is 3.68. The van der Waals surface area contributed by atoms with Crippen LogP contribution >= 0.6 is 0 Å². The van der Waals surface area contributed by atoms with Crippen LogP contribution in [0.1, 0.15) is 187 Å². The number of benzene rings is 6. The van der Waals surface area contributed by atoms with Crippen molar-refractivity contribution in [2.24, 2.45) is 0 Å². The molecule has 0 saturated heterocycles. The molecule has 6 aromatic carbocycles. The molecule has 4 heteroatoms. The van der Waals surface area contributed by atoms with Crippen LogP contribution in [0.2, 0.25) is 0 Å². The standard InChI is InChI=1S/C67H77BN2O/c1-40-32-55-59-56(33-40)70(53-25-22-42(61(2,3)4)34-44(53)41-20-18-17-19-21-41)60-58(45-36-48-51(39-57(45)71-60)67(15,16)31-28-64(48,9)10)68(59)52-37-49-50(66(13,14)30-29-65(49,11)12)38-54(52)69(55)43-23-24-46-47(35-43)63(7,8)27-26-62(46,5)6/h17-25,32-39H,26-31H2,1-16H3. The topological polar surface area (TPSA) is 19.6 Å². The SMILES string of the molecule is Cc1cc2c3c(c1)N(c1ccc(C(C)(C)C)cc1-c1ccccc1)c1oc4cc5c(cc4c1B3c1cc3c(cc1N2c1ccc2c(c1)C(C)(C)CCC2(C)C)C(C)(C)CCC3(C)C)C(C)(C)CCC5(C)C. The van der Waals surface area contributed by atoms with Crippen molar-refractivity contribution in [3.63, 3.8) is 0 Å². The zero-order chi connectivity index (χ0) is 50.3. The number of furan rings is 1. The Morgan fingerprint density at radius 1 is 0.465 bits per heavy atom. The van der Waals surface area contributed by atoms with Crippen LogP contribution in [0.4, 0.5) is 34.3 Å². The third-order valence-corrected chi connectivity index (χ3v) is 19.1. The number of rotatable bonds is 3. The van der Waals surface area contributed by atoms with E-state index in [0.29, 0.717) is 0 Å². The lowest BCUT2D eigenvalue weighted by Crippen LogP contribution is -2.61. The molecule has 0 fully saturated rings. The van der Waals surface area contributed by atoms with E-state index in [-0.39, 0.29) is 44.6 Å². The fourth-order valence-corrected chi connectivity index (χ4v) is 14.1. The zero-order valence-corrected chi connectivity index (χ0v) is 45.9. The first-order valence-corrected chi connectivity index (χ1v) is 27.1. The van der Waals surface area contributed by atoms with Gasteiger partial charge in [0.05, 0.1) is 5.69 Å². The second-order valence-corrected chi connectivity index (χ2v) is 27.9. The molecule has 3 aliphatic carbocycles. The third kappa shape index (κ3) is 6.88. The van der Waals surface area contributed by atoms with Crippen LogP contribution in [0, 0.1) is 6.92 Å². The number of hydrogen-bond acceptors (Lipinski definition) is 3. The van der Waals surface area contributed by atoms with Crippen LogP contribution in [-0.4, -0.2) is 6.71 Å². The highest BCUT2D eigenvalue weighted by molar-refractivity contribution is 7.01. The van der Waals surface area contributed by atoms with Crippen molar-refractivity contribution in [2.75, 3.05) is 9.80 Å². The van der Waals surface area contributed by atoms with Crippen molar-refractivity contribution in [3.05, 3.63) is 148 Å². The molecule has 7 aromatic rings. The summed E-state index contributed by atoms with van der Waals surface area (Å²) < 4.78 is 7.70. The van der Waals surface area contributed by atoms with Gasteiger partial charge in [-0.25, -0.2) is 0 Å². The molecule has 0 saturated carbocycles. The van der Waals surface area contributed by atoms with Gasteiger partial charge in [0.25, 0.3) is 6.71 Å². The summed E-state index contributed by atoms with van der Waals surface area (Å²) in [5.74, 6) is 0.946. The molecule has 1 aromatic heterocycles. The molecule has 0 spiro atoms. The largest absolute Gasteiger partial charge is 0.440 e. The molecule has 12 rings (SSSR count). The molecule has 364 valence electrons. The number of anilines is 6. The minimum Gasteiger partial charge on any atom is -0.440 e. The van der Waals surface area contributed by atoms with Gasteiger partial charge in [-0.3, -0.25) is 4.90 Å². The van der Waals surface area contributed by atoms with Gasteiger partial charge in [0.15, 0.2) is 0 Å². The highest BCUT2D eigenvalue weighted by atomic mass is 16.4. The number of hydrogen-bond donors (Lipinski definition) is 0. The molecule has 3 heterocycles. The Kier molecular flexibility index (Phi) is 9.73. The minimum atomic E-state index is -0.0646. The lowest BCUT2D eigenvalue weighted by molar-refractivity contribution is 0.332. The van der Waals surface area contributed by atoms with E-state index in [1.165, 1.54) is 113 Å². The molecule has 0 bridgehead atoms. The van der Waals surface area contributed by atoms with Crippen molar-refractivity contribution >= 4 is 68.4 Å². The van der Waals surface area contributed by atoms with Gasteiger partial charge in [-0.2, -0.15) is 0 Å². The first kappa shape index (κ1) is 46.6. The summed E-state index contributed by atoms with van der Waals surface area (Å²) in [6.45, 7) is 38.9. The summed E-state index contributed by atoms with van der Waals surface area (Å²) in [4.78, 5) is 5.25. The van der Waals surface area contributed by atoms with Crippen LogP contribution < -0.4 is 26.2 Å². The molecule has 5 aliphatic rings. The van der Waals surface area contributed by atoms with Crippen LogP contribution in [0.25, 0.3) is 22.1 Å². The molecule has 3 nitrogen and oxygen atoms in total. The molecule has 71 heavy (non-hydrogen) atoms. The fraction of sp³-hybridized carbons (Fsp3) is 0.433. The molecule has 0 N–H and O–H groups in total. The molecule has 0 unspecified atom stereocenters. The van der Waals surface area contributed by atoms with Gasteiger partial charge in [-0.1, -0.05) is 152 Å². The van der Waals surface area contributed by atoms with Gasteiger partial charge < -0.3 is 9.32 Å². The van der Waals surface area contributed by atoms with E-state index >= 15 is 0 Å². The average molecular weight is 937 g/mol. The summed E-state index contributed by atoms with van der Waals surface area (Å²) in [5, 5.41) is 1.25. The summed E-state index contributed by atoms with van der Waals surface area (Å²) in [6.07, 6.45) is 7.00. The van der Waals surface area contributed by atoms with E-state index in [1.807, 2.05) is 0 Å². The van der Waals surface area contributed by atoms with Gasteiger partial charge in [0.1, 0.15) is 5.58 Å². The van der Waals surface area contributed by atoms with Gasteiger partial charge in [-0.15, -0.1) is 0 Å². The van der Waals surface area contributed by atoms with Crippen molar-refractivity contribution in [1.82, 2.24) is 0 Å². The molecule has 0 atom stereocenters. The minimum absolute atomic E-state index is 0.0264. The van der Waals surface area contributed by atoms with Crippen molar-refractivity contribution < 1.29 is 4.42 Å². The Morgan fingerprint density at radius 3 is 1.58 bits per heavy atom. The Bertz CT molecular complexity index is 3390. The summed E-state index contributed by atoms with van der Waals surface area (Å²) >= 11 is 0. The highest BCUT2D eigenvalue weighted by Gasteiger charge is 2.50. The van der Waals surface area contributed by atoms with E-state index in [2.05, 4.69) is 224 Å². The summed E-state index contributed by atoms with van der Waals surface area (Å²) in [5.41, 5.74) is 25.3. The quantitative estimate of drug-likeness (QED) is 0.165. The fourth-order valence-electron chi connectivity index (χ4n) is 14.1. The monoisotopic (exact) mass is 937 g/mol. The Hall–Kier alpha value is -5.48. The number of fused-ring (bicyclic) bond motifs is 9. The second-order valence-electron chi connectivity index (χ2n) is 27.9. The summed E-state index contributed by atoms with van der Waals surface area (Å²) in [7, 11) is 0. The Balaban J connectivity index is 1.24. The normalized spacial score (nSPS) is 20.4. The maximum absolute atomic E-state index is 7.70. The third-order valence-electron chi connectivity index (χ3n) is 19.1. The highest BCUT2D eigenvalue weighted by Crippen LogP contribution is 2.55. The molecular weight excluding hydrogens is 860 g/mol. The first-order valence-electron chi connectivity index (χ1n) is 27.1. The van der Waals surface area contributed by atoms with E-state index in [0.717, 1.165) is 42.8 Å². The van der Waals surface area contributed by atoms with Crippen molar-refractivity contribution in [2.45, 2.75) is 187 Å². The van der Waals surface area contributed by atoms with E-state index < -0.39 is 0 Å².